The number of tetrazole rings is 1. The maximum absolute atomic E-state index is 13.4. The maximum atomic E-state index is 13.4. The second kappa shape index (κ2) is 9.76. The summed E-state index contributed by atoms with van der Waals surface area (Å²) in [6, 6.07) is 19.3. The molecule has 0 radical (unpaired) electrons. The molecule has 9 nitrogen and oxygen atoms in total. The molecule has 0 aliphatic carbocycles. The zero-order valence-corrected chi connectivity index (χ0v) is 19.5. The molecule has 0 saturated carbocycles. The van der Waals surface area contributed by atoms with Crippen molar-refractivity contribution in [3.63, 3.8) is 0 Å². The van der Waals surface area contributed by atoms with Gasteiger partial charge in [-0.2, -0.15) is 5.21 Å². The Kier molecular flexibility index (Phi) is 6.21. The number of rotatable bonds is 8. The van der Waals surface area contributed by atoms with E-state index in [4.69, 9.17) is 4.74 Å². The Morgan fingerprint density at radius 1 is 1.00 bits per heavy atom. The van der Waals surface area contributed by atoms with Gasteiger partial charge in [0.15, 0.2) is 0 Å². The number of benzene rings is 2. The van der Waals surface area contributed by atoms with Crippen molar-refractivity contribution in [3.8, 4) is 34.1 Å². The highest BCUT2D eigenvalue weighted by Crippen LogP contribution is 2.28. The van der Waals surface area contributed by atoms with E-state index < -0.39 is 0 Å². The minimum Gasteiger partial charge on any atom is -0.495 e. The van der Waals surface area contributed by atoms with Crippen LogP contribution >= 0.6 is 0 Å². The van der Waals surface area contributed by atoms with Crippen LogP contribution in [0, 0.1) is 0 Å². The molecular formula is C26H25N7O2. The Morgan fingerprint density at radius 3 is 2.51 bits per heavy atom. The van der Waals surface area contributed by atoms with E-state index in [9.17, 15) is 4.79 Å². The number of para-hydroxylation sites is 2. The van der Waals surface area contributed by atoms with Gasteiger partial charge in [-0.1, -0.05) is 55.8 Å². The molecule has 0 spiro atoms. The molecule has 0 aliphatic heterocycles. The molecule has 0 amide bonds. The smallest absolute Gasteiger partial charge is 0.333 e. The third-order valence-electron chi connectivity index (χ3n) is 5.87. The lowest BCUT2D eigenvalue weighted by Gasteiger charge is -2.09. The number of H-pyrrole nitrogens is 1. The summed E-state index contributed by atoms with van der Waals surface area (Å²) in [4.78, 5) is 18.1. The van der Waals surface area contributed by atoms with Gasteiger partial charge in [0.05, 0.1) is 25.0 Å². The standard InChI is InChI=1S/C26H25N7O2/c1-3-8-19-17-33(23-11-6-7-12-24(23)35-2)26(34)32(19)16-18-13-14-22(27-15-18)20-9-4-5-10-21(20)25-28-30-31-29-25/h4-7,9-15,17H,3,8,16H2,1-2H3,(H,28,29,30,31). The highest BCUT2D eigenvalue weighted by atomic mass is 16.5. The van der Waals surface area contributed by atoms with Gasteiger partial charge in [0.25, 0.3) is 0 Å². The SMILES string of the molecule is CCCc1cn(-c2ccccc2OC)c(=O)n1Cc1ccc(-c2ccccc2-c2nn[nH]n2)nc1. The van der Waals surface area contributed by atoms with Crippen LogP contribution in [0.2, 0.25) is 0 Å². The van der Waals surface area contributed by atoms with Crippen LogP contribution in [0.15, 0.2) is 77.9 Å². The third kappa shape index (κ3) is 4.35. The molecule has 0 fully saturated rings. The molecule has 0 atom stereocenters. The van der Waals surface area contributed by atoms with Crippen molar-refractivity contribution in [3.05, 3.63) is 94.8 Å². The lowest BCUT2D eigenvalue weighted by atomic mass is 10.0. The van der Waals surface area contributed by atoms with Crippen molar-refractivity contribution in [2.75, 3.05) is 7.11 Å². The van der Waals surface area contributed by atoms with E-state index in [1.54, 1.807) is 16.2 Å². The van der Waals surface area contributed by atoms with E-state index in [-0.39, 0.29) is 5.69 Å². The van der Waals surface area contributed by atoms with Gasteiger partial charge in [-0.3, -0.25) is 14.1 Å². The summed E-state index contributed by atoms with van der Waals surface area (Å²) in [6.07, 6.45) is 5.44. The number of aryl methyl sites for hydroxylation is 1. The Labute approximate surface area is 202 Å². The molecule has 0 unspecified atom stereocenters. The van der Waals surface area contributed by atoms with Crippen molar-refractivity contribution in [1.29, 1.82) is 0 Å². The van der Waals surface area contributed by atoms with Crippen LogP contribution in [-0.2, 0) is 13.0 Å². The van der Waals surface area contributed by atoms with E-state index >= 15 is 0 Å². The van der Waals surface area contributed by atoms with Gasteiger partial charge in [-0.25, -0.2) is 4.79 Å². The van der Waals surface area contributed by atoms with Crippen molar-refractivity contribution in [2.45, 2.75) is 26.3 Å². The average molecular weight is 468 g/mol. The highest BCUT2D eigenvalue weighted by Gasteiger charge is 2.16. The fourth-order valence-corrected chi connectivity index (χ4v) is 4.19. The fourth-order valence-electron chi connectivity index (χ4n) is 4.19. The summed E-state index contributed by atoms with van der Waals surface area (Å²) in [5, 5.41) is 14.4. The zero-order valence-electron chi connectivity index (χ0n) is 19.5. The van der Waals surface area contributed by atoms with Crippen molar-refractivity contribution in [2.24, 2.45) is 0 Å². The lowest BCUT2D eigenvalue weighted by Crippen LogP contribution is -2.25. The Balaban J connectivity index is 1.48. The van der Waals surface area contributed by atoms with Gasteiger partial charge in [0.2, 0.25) is 5.82 Å². The number of hydrogen-bond acceptors (Lipinski definition) is 6. The van der Waals surface area contributed by atoms with Gasteiger partial charge >= 0.3 is 5.69 Å². The second-order valence-corrected chi connectivity index (χ2v) is 8.11. The number of nitrogens with one attached hydrogen (secondary N) is 1. The largest absolute Gasteiger partial charge is 0.495 e. The normalized spacial score (nSPS) is 11.0. The van der Waals surface area contributed by atoms with Crippen LogP contribution in [0.4, 0.5) is 0 Å². The summed E-state index contributed by atoms with van der Waals surface area (Å²) in [5.74, 6) is 1.17. The van der Waals surface area contributed by atoms with Crippen molar-refractivity contribution < 1.29 is 4.74 Å². The number of methoxy groups -OCH3 is 1. The van der Waals surface area contributed by atoms with E-state index in [0.717, 1.165) is 46.6 Å². The fraction of sp³-hybridized carbons (Fsp3) is 0.192. The second-order valence-electron chi connectivity index (χ2n) is 8.11. The van der Waals surface area contributed by atoms with Crippen LogP contribution in [0.1, 0.15) is 24.6 Å². The molecule has 3 heterocycles. The van der Waals surface area contributed by atoms with Crippen LogP contribution in [-0.4, -0.2) is 41.9 Å². The highest BCUT2D eigenvalue weighted by molar-refractivity contribution is 5.78. The first-order chi connectivity index (χ1) is 17.2. The molecule has 5 aromatic rings. The Bertz CT molecular complexity index is 1490. The topological polar surface area (TPSA) is 104 Å². The van der Waals surface area contributed by atoms with Crippen LogP contribution in [0.3, 0.4) is 0 Å². The molecule has 0 bridgehead atoms. The molecule has 5 rings (SSSR count). The average Bonchev–Trinajstić information content (AvgIpc) is 3.54. The number of hydrogen-bond donors (Lipinski definition) is 1. The number of nitrogens with zero attached hydrogens (tertiary/aromatic N) is 6. The Morgan fingerprint density at radius 2 is 1.80 bits per heavy atom. The van der Waals surface area contributed by atoms with Gasteiger partial charge in [0.1, 0.15) is 5.75 Å². The Hall–Kier alpha value is -4.53. The van der Waals surface area contributed by atoms with E-state index in [2.05, 4.69) is 32.5 Å². The van der Waals surface area contributed by atoms with Crippen LogP contribution in [0.25, 0.3) is 28.3 Å². The maximum Gasteiger partial charge on any atom is 0.333 e. The van der Waals surface area contributed by atoms with Crippen molar-refractivity contribution in [1.82, 2.24) is 34.7 Å². The summed E-state index contributed by atoms with van der Waals surface area (Å²) in [7, 11) is 1.61. The van der Waals surface area contributed by atoms with Crippen molar-refractivity contribution >= 4 is 0 Å². The number of imidazole rings is 1. The molecule has 9 heteroatoms. The predicted molar refractivity (Wildman–Crippen MR) is 133 cm³/mol. The predicted octanol–water partition coefficient (Wildman–Crippen LogP) is 3.89. The number of aromatic amines is 1. The molecule has 35 heavy (non-hydrogen) atoms. The monoisotopic (exact) mass is 467 g/mol. The number of aromatic nitrogens is 7. The van der Waals surface area contributed by atoms with E-state index in [1.165, 1.54) is 0 Å². The molecule has 3 aromatic heterocycles. The summed E-state index contributed by atoms with van der Waals surface area (Å²) < 4.78 is 8.94. The first-order valence-electron chi connectivity index (χ1n) is 11.4. The molecule has 176 valence electrons. The minimum absolute atomic E-state index is 0.107. The van der Waals surface area contributed by atoms with Gasteiger partial charge < -0.3 is 4.74 Å². The van der Waals surface area contributed by atoms with Gasteiger partial charge in [-0.05, 0) is 35.4 Å². The first-order valence-corrected chi connectivity index (χ1v) is 11.4. The molecule has 2 aromatic carbocycles. The summed E-state index contributed by atoms with van der Waals surface area (Å²) in [6.45, 7) is 2.53. The molecule has 1 N–H and O–H groups in total. The van der Waals surface area contributed by atoms with Crippen LogP contribution < -0.4 is 10.4 Å². The minimum atomic E-state index is -0.107. The van der Waals surface area contributed by atoms with E-state index in [0.29, 0.717) is 18.1 Å². The molecule has 0 saturated heterocycles. The molecule has 0 aliphatic rings. The third-order valence-corrected chi connectivity index (χ3v) is 5.87. The lowest BCUT2D eigenvalue weighted by molar-refractivity contribution is 0.412. The summed E-state index contributed by atoms with van der Waals surface area (Å²) in [5.41, 5.74) is 5.07. The number of pyridine rings is 1. The van der Waals surface area contributed by atoms with Crippen LogP contribution in [0.5, 0.6) is 5.75 Å². The quantitative estimate of drug-likeness (QED) is 0.371. The van der Waals surface area contributed by atoms with Gasteiger partial charge in [-0.15, -0.1) is 10.2 Å². The number of ether oxygens (including phenoxy) is 1. The van der Waals surface area contributed by atoms with E-state index in [1.807, 2.05) is 73.1 Å². The summed E-state index contributed by atoms with van der Waals surface area (Å²) >= 11 is 0. The first kappa shape index (κ1) is 22.3. The zero-order chi connectivity index (χ0) is 24.2. The van der Waals surface area contributed by atoms with Gasteiger partial charge in [0, 0.05) is 29.2 Å². The molecular weight excluding hydrogens is 442 g/mol.